The predicted molar refractivity (Wildman–Crippen MR) is 74.6 cm³/mol. The predicted octanol–water partition coefficient (Wildman–Crippen LogP) is 2.00. The lowest BCUT2D eigenvalue weighted by molar-refractivity contribution is -0.137. The van der Waals surface area contributed by atoms with Gasteiger partial charge in [0, 0.05) is 25.8 Å². The topological polar surface area (TPSA) is 46.6 Å². The van der Waals surface area contributed by atoms with E-state index in [9.17, 15) is 14.0 Å². The highest BCUT2D eigenvalue weighted by Gasteiger charge is 2.33. The number of amides is 2. The van der Waals surface area contributed by atoms with Crippen LogP contribution in [0, 0.1) is 11.7 Å². The molecule has 2 aliphatic rings. The average Bonchev–Trinajstić information content (AvgIpc) is 2.77. The van der Waals surface area contributed by atoms with Gasteiger partial charge in [-0.25, -0.2) is 4.39 Å². The molecule has 0 N–H and O–H groups in total. The zero-order valence-corrected chi connectivity index (χ0v) is 11.5. The first kappa shape index (κ1) is 13.9. The van der Waals surface area contributed by atoms with Crippen LogP contribution in [0.15, 0.2) is 30.3 Å². The molecule has 0 atom stereocenters. The van der Waals surface area contributed by atoms with Crippen molar-refractivity contribution >= 4 is 17.4 Å². The summed E-state index contributed by atoms with van der Waals surface area (Å²) in [4.78, 5) is 25.7. The zero-order valence-electron chi connectivity index (χ0n) is 11.5. The Balaban J connectivity index is 1.74. The maximum Gasteiger partial charge on any atom is 0.261 e. The summed E-state index contributed by atoms with van der Waals surface area (Å²) in [6, 6.07) is 5.61. The molecule has 110 valence electrons. The van der Waals surface area contributed by atoms with Crippen molar-refractivity contribution in [1.82, 2.24) is 4.90 Å². The third-order valence-electron chi connectivity index (χ3n) is 3.95. The summed E-state index contributed by atoms with van der Waals surface area (Å²) in [5.74, 6) is -0.647. The van der Waals surface area contributed by atoms with Gasteiger partial charge in [0.05, 0.1) is 5.57 Å². The lowest BCUT2D eigenvalue weighted by atomic mass is 9.99. The van der Waals surface area contributed by atoms with Crippen LogP contribution in [0.5, 0.6) is 0 Å². The maximum absolute atomic E-state index is 12.9. The number of carbonyl (C=O) groups is 2. The van der Waals surface area contributed by atoms with E-state index >= 15 is 0 Å². The summed E-state index contributed by atoms with van der Waals surface area (Å²) in [6.45, 7) is 1.79. The van der Waals surface area contributed by atoms with Gasteiger partial charge in [0.1, 0.15) is 5.82 Å². The number of imide groups is 1. The first-order chi connectivity index (χ1) is 10.1. The molecular formula is C16H16FNO3. The molecule has 3 rings (SSSR count). The van der Waals surface area contributed by atoms with Gasteiger partial charge in [-0.2, -0.15) is 0 Å². The molecule has 0 aliphatic carbocycles. The third-order valence-corrected chi connectivity index (χ3v) is 3.95. The lowest BCUT2D eigenvalue weighted by Crippen LogP contribution is -2.37. The highest BCUT2D eigenvalue weighted by Crippen LogP contribution is 2.26. The number of rotatable bonds is 3. The molecule has 0 saturated carbocycles. The molecule has 2 amide bonds. The number of hydrogen-bond acceptors (Lipinski definition) is 3. The van der Waals surface area contributed by atoms with Crippen LogP contribution in [0.3, 0.4) is 0 Å². The van der Waals surface area contributed by atoms with Crippen molar-refractivity contribution in [3.8, 4) is 0 Å². The molecule has 2 heterocycles. The number of halogens is 1. The highest BCUT2D eigenvalue weighted by atomic mass is 19.1. The van der Waals surface area contributed by atoms with Crippen LogP contribution in [0.25, 0.3) is 5.57 Å². The van der Waals surface area contributed by atoms with Gasteiger partial charge in [-0.15, -0.1) is 0 Å². The number of benzene rings is 1. The fraction of sp³-hybridized carbons (Fsp3) is 0.375. The molecule has 5 heteroatoms. The van der Waals surface area contributed by atoms with Crippen LogP contribution < -0.4 is 0 Å². The third kappa shape index (κ3) is 2.88. The van der Waals surface area contributed by atoms with Gasteiger partial charge in [-0.3, -0.25) is 14.5 Å². The Labute approximate surface area is 122 Å². The molecular weight excluding hydrogens is 273 g/mol. The lowest BCUT2D eigenvalue weighted by Gasteiger charge is -2.26. The van der Waals surface area contributed by atoms with Crippen LogP contribution in [-0.2, 0) is 14.3 Å². The van der Waals surface area contributed by atoms with Gasteiger partial charge in [0.2, 0.25) is 0 Å². The van der Waals surface area contributed by atoms with Crippen molar-refractivity contribution < 1.29 is 18.7 Å². The average molecular weight is 289 g/mol. The van der Waals surface area contributed by atoms with Crippen molar-refractivity contribution in [3.63, 3.8) is 0 Å². The van der Waals surface area contributed by atoms with Gasteiger partial charge in [-0.05, 0) is 36.5 Å². The van der Waals surface area contributed by atoms with Gasteiger partial charge < -0.3 is 4.74 Å². The Hall–Kier alpha value is -2.01. The van der Waals surface area contributed by atoms with Crippen LogP contribution in [0.2, 0.25) is 0 Å². The minimum absolute atomic E-state index is 0.286. The minimum atomic E-state index is -0.366. The van der Waals surface area contributed by atoms with E-state index in [-0.39, 0.29) is 17.6 Å². The van der Waals surface area contributed by atoms with Crippen molar-refractivity contribution in [2.75, 3.05) is 19.8 Å². The van der Waals surface area contributed by atoms with Gasteiger partial charge in [0.15, 0.2) is 0 Å². The fourth-order valence-corrected chi connectivity index (χ4v) is 2.70. The van der Waals surface area contributed by atoms with E-state index in [0.717, 1.165) is 12.8 Å². The SMILES string of the molecule is O=C1C=C(c2ccc(F)cc2)C(=O)N1CC1CCOCC1. The summed E-state index contributed by atoms with van der Waals surface area (Å²) in [5, 5.41) is 0. The first-order valence-electron chi connectivity index (χ1n) is 7.06. The maximum atomic E-state index is 12.9. The summed E-state index contributed by atoms with van der Waals surface area (Å²) in [6.07, 6.45) is 3.07. The summed E-state index contributed by atoms with van der Waals surface area (Å²) < 4.78 is 18.2. The molecule has 2 aliphatic heterocycles. The normalized spacial score (nSPS) is 20.0. The molecule has 0 unspecified atom stereocenters. The Bertz CT molecular complexity index is 588. The van der Waals surface area contributed by atoms with Crippen molar-refractivity contribution in [2.24, 2.45) is 5.92 Å². The monoisotopic (exact) mass is 289 g/mol. The van der Waals surface area contributed by atoms with Crippen molar-refractivity contribution in [1.29, 1.82) is 0 Å². The van der Waals surface area contributed by atoms with E-state index in [1.165, 1.54) is 35.2 Å². The molecule has 0 aromatic heterocycles. The number of hydrogen-bond donors (Lipinski definition) is 0. The highest BCUT2D eigenvalue weighted by molar-refractivity contribution is 6.33. The van der Waals surface area contributed by atoms with Gasteiger partial charge in [0.25, 0.3) is 11.8 Å². The largest absolute Gasteiger partial charge is 0.381 e. The van der Waals surface area contributed by atoms with E-state index in [2.05, 4.69) is 0 Å². The first-order valence-corrected chi connectivity index (χ1v) is 7.06. The van der Waals surface area contributed by atoms with E-state index in [1.807, 2.05) is 0 Å². The second-order valence-corrected chi connectivity index (χ2v) is 5.37. The molecule has 0 radical (unpaired) electrons. The molecule has 1 aromatic rings. The Morgan fingerprint density at radius 1 is 1.14 bits per heavy atom. The molecule has 21 heavy (non-hydrogen) atoms. The summed E-state index contributed by atoms with van der Waals surface area (Å²) >= 11 is 0. The molecule has 1 saturated heterocycles. The molecule has 1 aromatic carbocycles. The second-order valence-electron chi connectivity index (χ2n) is 5.37. The van der Waals surface area contributed by atoms with Crippen LogP contribution in [0.4, 0.5) is 4.39 Å². The zero-order chi connectivity index (χ0) is 14.8. The van der Waals surface area contributed by atoms with E-state index in [1.54, 1.807) is 0 Å². The van der Waals surface area contributed by atoms with Crippen LogP contribution in [0.1, 0.15) is 18.4 Å². The number of carbonyl (C=O) groups excluding carboxylic acids is 2. The smallest absolute Gasteiger partial charge is 0.261 e. The number of ether oxygens (including phenoxy) is 1. The van der Waals surface area contributed by atoms with Crippen molar-refractivity contribution in [3.05, 3.63) is 41.7 Å². The summed E-state index contributed by atoms with van der Waals surface area (Å²) in [5.41, 5.74) is 0.913. The fourth-order valence-electron chi connectivity index (χ4n) is 2.70. The standard InChI is InChI=1S/C16H16FNO3/c17-13-3-1-12(2-4-13)14-9-15(19)18(16(14)20)10-11-5-7-21-8-6-11/h1-4,9,11H,5-8,10H2. The molecule has 4 nitrogen and oxygen atoms in total. The van der Waals surface area contributed by atoms with Crippen LogP contribution in [-0.4, -0.2) is 36.5 Å². The molecule has 0 spiro atoms. The number of nitrogens with zero attached hydrogens (tertiary/aromatic N) is 1. The second kappa shape index (κ2) is 5.77. The molecule has 1 fully saturated rings. The van der Waals surface area contributed by atoms with Gasteiger partial charge in [-0.1, -0.05) is 12.1 Å². The molecule has 0 bridgehead atoms. The minimum Gasteiger partial charge on any atom is -0.381 e. The van der Waals surface area contributed by atoms with E-state index in [0.29, 0.717) is 36.8 Å². The quantitative estimate of drug-likeness (QED) is 0.800. The van der Waals surface area contributed by atoms with Gasteiger partial charge >= 0.3 is 0 Å². The van der Waals surface area contributed by atoms with E-state index < -0.39 is 0 Å². The Morgan fingerprint density at radius 3 is 2.48 bits per heavy atom. The van der Waals surface area contributed by atoms with Crippen molar-refractivity contribution in [2.45, 2.75) is 12.8 Å². The van der Waals surface area contributed by atoms with E-state index in [4.69, 9.17) is 4.74 Å². The van der Waals surface area contributed by atoms with Crippen LogP contribution >= 0.6 is 0 Å². The Morgan fingerprint density at radius 2 is 1.81 bits per heavy atom. The summed E-state index contributed by atoms with van der Waals surface area (Å²) in [7, 11) is 0. The Kier molecular flexibility index (Phi) is 3.84.